The maximum atomic E-state index is 5.97. The van der Waals surface area contributed by atoms with Crippen molar-refractivity contribution in [1.29, 1.82) is 0 Å². The van der Waals surface area contributed by atoms with E-state index in [0.29, 0.717) is 5.82 Å². The van der Waals surface area contributed by atoms with Gasteiger partial charge in [-0.15, -0.1) is 11.3 Å². The van der Waals surface area contributed by atoms with Crippen LogP contribution in [-0.4, -0.2) is 14.8 Å². The first kappa shape index (κ1) is 9.35. The Kier molecular flexibility index (Phi) is 1.94. The van der Waals surface area contributed by atoms with Crippen LogP contribution in [0.15, 0.2) is 29.9 Å². The molecule has 0 fully saturated rings. The highest BCUT2D eigenvalue weighted by molar-refractivity contribution is 7.16. The van der Waals surface area contributed by atoms with Crippen molar-refractivity contribution in [1.82, 2.24) is 14.8 Å². The fourth-order valence-corrected chi connectivity index (χ4v) is 2.46. The second kappa shape index (κ2) is 3.31. The second-order valence-corrected chi connectivity index (χ2v) is 4.46. The Morgan fingerprint density at radius 3 is 2.94 bits per heavy atom. The summed E-state index contributed by atoms with van der Waals surface area (Å²) in [7, 11) is 1.83. The molecule has 80 valence electrons. The van der Waals surface area contributed by atoms with E-state index >= 15 is 0 Å². The molecule has 3 aromatic rings. The molecule has 0 spiro atoms. The van der Waals surface area contributed by atoms with E-state index in [4.69, 9.17) is 5.73 Å². The number of anilines is 1. The summed E-state index contributed by atoms with van der Waals surface area (Å²) in [6.07, 6.45) is 1.78. The second-order valence-electron chi connectivity index (χ2n) is 3.57. The van der Waals surface area contributed by atoms with Crippen molar-refractivity contribution in [2.24, 2.45) is 7.05 Å². The molecule has 16 heavy (non-hydrogen) atoms. The van der Waals surface area contributed by atoms with Gasteiger partial charge in [0.1, 0.15) is 5.82 Å². The Labute approximate surface area is 96.3 Å². The highest BCUT2D eigenvalue weighted by Crippen LogP contribution is 2.32. The highest BCUT2D eigenvalue weighted by atomic mass is 32.1. The third kappa shape index (κ3) is 1.22. The lowest BCUT2D eigenvalue weighted by atomic mass is 10.1. The zero-order valence-electron chi connectivity index (χ0n) is 8.71. The number of para-hydroxylation sites is 1. The average Bonchev–Trinajstić information content (AvgIpc) is 2.87. The summed E-state index contributed by atoms with van der Waals surface area (Å²) in [5, 5.41) is 4.15. The lowest BCUT2D eigenvalue weighted by Crippen LogP contribution is -1.98. The molecule has 0 aliphatic carbocycles. The first-order valence-electron chi connectivity index (χ1n) is 4.87. The number of nitrogens with two attached hydrogens (primary N) is 1. The molecule has 0 atom stereocenters. The van der Waals surface area contributed by atoms with Crippen LogP contribution in [0.4, 0.5) is 5.82 Å². The smallest absolute Gasteiger partial charge is 0.129 e. The van der Waals surface area contributed by atoms with Crippen LogP contribution in [0.5, 0.6) is 0 Å². The summed E-state index contributed by atoms with van der Waals surface area (Å²) in [6, 6.07) is 6.10. The molecular formula is C11H10N4S. The molecule has 5 heteroatoms. The Bertz CT molecular complexity index is 653. The fourth-order valence-electron chi connectivity index (χ4n) is 1.76. The molecule has 0 bridgehead atoms. The Hall–Kier alpha value is -1.88. The minimum atomic E-state index is 0.667. The predicted octanol–water partition coefficient (Wildman–Crippen LogP) is 2.28. The van der Waals surface area contributed by atoms with Gasteiger partial charge in [0.15, 0.2) is 0 Å². The molecule has 0 saturated heterocycles. The van der Waals surface area contributed by atoms with Crippen molar-refractivity contribution in [3.63, 3.8) is 0 Å². The van der Waals surface area contributed by atoms with Gasteiger partial charge in [-0.1, -0.05) is 12.1 Å². The summed E-state index contributed by atoms with van der Waals surface area (Å²) in [5.41, 5.74) is 10.8. The molecule has 2 N–H and O–H groups in total. The standard InChI is InChI=1S/C11H10N4S/c1-15-11(12)8(5-14-15)7-3-2-4-9-10(7)13-6-16-9/h2-6H,12H2,1H3. The first-order valence-corrected chi connectivity index (χ1v) is 5.75. The number of nitrogens with zero attached hydrogens (tertiary/aromatic N) is 3. The lowest BCUT2D eigenvalue weighted by molar-refractivity contribution is 0.779. The van der Waals surface area contributed by atoms with Gasteiger partial charge in [0.25, 0.3) is 0 Å². The van der Waals surface area contributed by atoms with Gasteiger partial charge in [0.05, 0.1) is 21.9 Å². The first-order chi connectivity index (χ1) is 7.77. The maximum absolute atomic E-state index is 5.97. The van der Waals surface area contributed by atoms with E-state index < -0.39 is 0 Å². The van der Waals surface area contributed by atoms with Gasteiger partial charge in [0, 0.05) is 18.2 Å². The van der Waals surface area contributed by atoms with Gasteiger partial charge >= 0.3 is 0 Å². The van der Waals surface area contributed by atoms with Gasteiger partial charge in [-0.2, -0.15) is 5.10 Å². The number of hydrogen-bond donors (Lipinski definition) is 1. The summed E-state index contributed by atoms with van der Waals surface area (Å²) < 4.78 is 2.83. The van der Waals surface area contributed by atoms with Crippen molar-refractivity contribution in [3.05, 3.63) is 29.9 Å². The normalized spacial score (nSPS) is 11.1. The number of hydrogen-bond acceptors (Lipinski definition) is 4. The Balaban J connectivity index is 2.33. The van der Waals surface area contributed by atoms with Crippen molar-refractivity contribution >= 4 is 27.4 Å². The summed E-state index contributed by atoms with van der Waals surface area (Å²) in [6.45, 7) is 0. The average molecular weight is 230 g/mol. The number of thiazole rings is 1. The topological polar surface area (TPSA) is 56.7 Å². The quantitative estimate of drug-likeness (QED) is 0.697. The molecule has 0 saturated carbocycles. The molecule has 3 rings (SSSR count). The van der Waals surface area contributed by atoms with E-state index in [-0.39, 0.29) is 0 Å². The van der Waals surface area contributed by atoms with Crippen LogP contribution >= 0.6 is 11.3 Å². The minimum Gasteiger partial charge on any atom is -0.383 e. The van der Waals surface area contributed by atoms with Crippen molar-refractivity contribution in [2.75, 3.05) is 5.73 Å². The molecular weight excluding hydrogens is 220 g/mol. The third-order valence-electron chi connectivity index (χ3n) is 2.64. The third-order valence-corrected chi connectivity index (χ3v) is 3.43. The van der Waals surface area contributed by atoms with Crippen LogP contribution in [-0.2, 0) is 7.05 Å². The molecule has 0 aliphatic rings. The van der Waals surface area contributed by atoms with Gasteiger partial charge in [-0.3, -0.25) is 4.68 Å². The largest absolute Gasteiger partial charge is 0.383 e. The van der Waals surface area contributed by atoms with E-state index in [2.05, 4.69) is 16.1 Å². The summed E-state index contributed by atoms with van der Waals surface area (Å²) in [4.78, 5) is 4.37. The highest BCUT2D eigenvalue weighted by Gasteiger charge is 2.11. The number of benzene rings is 1. The Morgan fingerprint density at radius 1 is 1.31 bits per heavy atom. The molecule has 2 heterocycles. The SMILES string of the molecule is Cn1ncc(-c2cccc3scnc23)c1N. The Morgan fingerprint density at radius 2 is 2.19 bits per heavy atom. The van der Waals surface area contributed by atoms with Crippen LogP contribution in [0.3, 0.4) is 0 Å². The molecule has 0 aliphatic heterocycles. The van der Waals surface area contributed by atoms with E-state index in [1.807, 2.05) is 24.7 Å². The fraction of sp³-hybridized carbons (Fsp3) is 0.0909. The van der Waals surface area contributed by atoms with Crippen LogP contribution in [0.25, 0.3) is 21.3 Å². The van der Waals surface area contributed by atoms with Crippen LogP contribution in [0, 0.1) is 0 Å². The monoisotopic (exact) mass is 230 g/mol. The van der Waals surface area contributed by atoms with E-state index in [0.717, 1.165) is 16.6 Å². The van der Waals surface area contributed by atoms with Crippen molar-refractivity contribution < 1.29 is 0 Å². The number of aromatic nitrogens is 3. The number of fused-ring (bicyclic) bond motifs is 1. The van der Waals surface area contributed by atoms with E-state index in [9.17, 15) is 0 Å². The van der Waals surface area contributed by atoms with Gasteiger partial charge in [-0.25, -0.2) is 4.98 Å². The van der Waals surface area contributed by atoms with Crippen molar-refractivity contribution in [3.8, 4) is 11.1 Å². The predicted molar refractivity (Wildman–Crippen MR) is 66.2 cm³/mol. The van der Waals surface area contributed by atoms with Crippen LogP contribution in [0.1, 0.15) is 0 Å². The summed E-state index contributed by atoms with van der Waals surface area (Å²) in [5.74, 6) is 0.667. The minimum absolute atomic E-state index is 0.667. The van der Waals surface area contributed by atoms with Crippen LogP contribution in [0.2, 0.25) is 0 Å². The zero-order valence-corrected chi connectivity index (χ0v) is 9.53. The molecule has 4 nitrogen and oxygen atoms in total. The molecule has 2 aromatic heterocycles. The molecule has 1 aromatic carbocycles. The zero-order chi connectivity index (χ0) is 11.1. The lowest BCUT2D eigenvalue weighted by Gasteiger charge is -2.01. The molecule has 0 unspecified atom stereocenters. The van der Waals surface area contributed by atoms with E-state index in [1.165, 1.54) is 4.70 Å². The van der Waals surface area contributed by atoms with Gasteiger partial charge in [-0.05, 0) is 6.07 Å². The number of aryl methyl sites for hydroxylation is 1. The number of nitrogen functional groups attached to an aromatic ring is 1. The van der Waals surface area contributed by atoms with Crippen molar-refractivity contribution in [2.45, 2.75) is 0 Å². The van der Waals surface area contributed by atoms with Crippen LogP contribution < -0.4 is 5.73 Å². The molecule has 0 amide bonds. The van der Waals surface area contributed by atoms with Gasteiger partial charge in [0.2, 0.25) is 0 Å². The number of rotatable bonds is 1. The summed E-state index contributed by atoms with van der Waals surface area (Å²) >= 11 is 1.63. The van der Waals surface area contributed by atoms with Gasteiger partial charge < -0.3 is 5.73 Å². The molecule has 0 radical (unpaired) electrons. The maximum Gasteiger partial charge on any atom is 0.129 e. The van der Waals surface area contributed by atoms with E-state index in [1.54, 1.807) is 22.2 Å².